The average molecular weight is 1740 g/mol. The Morgan fingerprint density at radius 2 is 0.278 bits per heavy atom. The predicted octanol–water partition coefficient (Wildman–Crippen LogP) is 12.1. The molecule has 0 N–H and O–H groups in total. The molecule has 0 saturated heterocycles. The van der Waals surface area contributed by atoms with E-state index in [9.17, 15) is 105 Å². The molecule has 0 aliphatic carbocycles. The molecule has 2 aromatic heterocycles. The summed E-state index contributed by atoms with van der Waals surface area (Å²) in [7, 11) is 0. The molecule has 4 nitrogen and oxygen atoms in total. The summed E-state index contributed by atoms with van der Waals surface area (Å²) in [5, 5.41) is 0. The van der Waals surface area contributed by atoms with Crippen molar-refractivity contribution in [3.05, 3.63) is 257 Å². The van der Waals surface area contributed by atoms with Gasteiger partial charge in [-0.25, -0.2) is 176 Å². The van der Waals surface area contributed by atoms with E-state index >= 15 is 70.2 Å². The first-order valence-corrected chi connectivity index (χ1v) is 30.8. The Hall–Kier alpha value is -9.19. The maximum atomic E-state index is 15.4. The monoisotopic (exact) mass is 1740 g/mol. The van der Waals surface area contributed by atoms with Crippen LogP contribution < -0.4 is 50.8 Å². The van der Waals surface area contributed by atoms with Crippen LogP contribution in [0.25, 0.3) is 0 Å². The van der Waals surface area contributed by atoms with E-state index in [0.717, 1.165) is 0 Å². The maximum absolute atomic E-state index is 15.4. The molecular weight excluding hydrogens is 1720 g/mol. The van der Waals surface area contributed by atoms with Crippen LogP contribution in [0.5, 0.6) is 0 Å². The number of benzene rings is 8. The fourth-order valence-electron chi connectivity index (χ4n) is 10.8. The molecule has 0 saturated carbocycles. The minimum Gasteiger partial charge on any atom is -0.207 e. The number of hydrogen-bond acceptors (Lipinski definition) is 2. The molecule has 580 valence electrons. The first-order chi connectivity index (χ1) is 49.6. The number of aromatic nitrogens is 4. The van der Waals surface area contributed by atoms with Crippen molar-refractivity contribution in [3.63, 3.8) is 0 Å². The average Bonchev–Trinajstić information content (AvgIpc) is 0.716. The minimum absolute atomic E-state index is 0.260. The zero-order valence-corrected chi connectivity index (χ0v) is 55.6. The first-order valence-electron chi connectivity index (χ1n) is 27.7. The third-order valence-corrected chi connectivity index (χ3v) is 20.0. The van der Waals surface area contributed by atoms with Crippen molar-refractivity contribution in [3.8, 4) is 0 Å². The molecule has 0 bridgehead atoms. The summed E-state index contributed by atoms with van der Waals surface area (Å²) in [6.07, 6.45) is -6.56. The maximum Gasteiger partial charge on any atom is 0.200 e. The van der Waals surface area contributed by atoms with Gasteiger partial charge in [-0.15, -0.1) is 43.7 Å². The Morgan fingerprint density at radius 3 is 0.343 bits per heavy atom. The van der Waals surface area contributed by atoms with Crippen molar-refractivity contribution >= 4 is 85.9 Å². The second-order valence-electron chi connectivity index (χ2n) is 23.6. The van der Waals surface area contributed by atoms with Crippen molar-refractivity contribution in [1.29, 1.82) is 0 Å². The Kier molecular flexibility index (Phi) is 24.5. The van der Waals surface area contributed by atoms with Gasteiger partial charge >= 0.3 is 122 Å². The summed E-state index contributed by atoms with van der Waals surface area (Å²) < 4.78 is 601. The van der Waals surface area contributed by atoms with Gasteiger partial charge in [-0.1, -0.05) is 0 Å². The van der Waals surface area contributed by atoms with Gasteiger partial charge < -0.3 is 0 Å². The number of halogens is 40. The molecule has 0 fully saturated rings. The van der Waals surface area contributed by atoms with Crippen LogP contribution in [-0.2, 0) is 11.1 Å². The summed E-state index contributed by atoms with van der Waals surface area (Å²) >= 11 is 0.635. The van der Waals surface area contributed by atoms with E-state index in [4.69, 9.17) is 0 Å². The van der Waals surface area contributed by atoms with Gasteiger partial charge in [0.25, 0.3) is 0 Å². The SMILES string of the molecule is CC(C)(C)[n+]1ccn[se]1.CC(C)(C)[n+]1ccn[se]1.Fc1c(F)c(F)c([B-](c2c(F)c(F)c(F)c(F)c2F)(c2c(F)c(F)c(F)c(F)c2F)c2c(F)c(F)c(F)c(F)c2F)c(F)c1F.Fc1c(F)c(F)c([B-](c2c(F)c(F)c(F)c(F)c2F)(c2c(F)c(F)c(F)c(F)c2F)c2c(F)c(F)c(F)c(F)c2F)c(F)c1F. The van der Waals surface area contributed by atoms with Crippen LogP contribution in [0.4, 0.5) is 176 Å². The zero-order valence-electron chi connectivity index (χ0n) is 52.2. The number of rotatable bonds is 8. The molecule has 2 heterocycles. The Bertz CT molecular complexity index is 4210. The number of nitrogens with zero attached hydrogens (tertiary/aromatic N) is 4. The molecular formula is C60H22B2F40N4Se2. The molecule has 108 heavy (non-hydrogen) atoms. The molecule has 8 aromatic carbocycles. The fourth-order valence-corrected chi connectivity index (χ4v) is 13.2. The molecule has 0 aliphatic heterocycles. The number of hydrogen-bond donors (Lipinski definition) is 0. The Balaban J connectivity index is 0.000000243. The smallest absolute Gasteiger partial charge is 0.200 e. The second kappa shape index (κ2) is 30.7. The largest absolute Gasteiger partial charge is 0.207 e. The van der Waals surface area contributed by atoms with Crippen molar-refractivity contribution < 1.29 is 183 Å². The van der Waals surface area contributed by atoms with Gasteiger partial charge in [-0.05, 0) is 0 Å². The van der Waals surface area contributed by atoms with Crippen molar-refractivity contribution in [1.82, 2.24) is 7.96 Å². The van der Waals surface area contributed by atoms with E-state index in [1.54, 1.807) is 0 Å². The molecule has 0 atom stereocenters. The summed E-state index contributed by atoms with van der Waals surface area (Å²) in [6.45, 7) is 13.2. The van der Waals surface area contributed by atoms with E-state index in [-0.39, 0.29) is 11.1 Å². The summed E-state index contributed by atoms with van der Waals surface area (Å²) in [5.41, 5.74) is -28.1. The Labute approximate surface area is 585 Å². The van der Waals surface area contributed by atoms with E-state index < -0.39 is 289 Å². The van der Waals surface area contributed by atoms with Crippen LogP contribution in [0.1, 0.15) is 41.5 Å². The van der Waals surface area contributed by atoms with Gasteiger partial charge in [0.2, 0.25) is 0 Å². The molecule has 0 amide bonds. The second-order valence-corrected chi connectivity index (χ2v) is 26.8. The van der Waals surface area contributed by atoms with Crippen LogP contribution in [0, 0.1) is 233 Å². The van der Waals surface area contributed by atoms with E-state index in [0.29, 0.717) is 29.9 Å². The van der Waals surface area contributed by atoms with Crippen LogP contribution >= 0.6 is 0 Å². The molecule has 10 rings (SSSR count). The van der Waals surface area contributed by atoms with Crippen LogP contribution in [-0.4, -0.2) is 50.2 Å². The first kappa shape index (κ1) is 86.1. The van der Waals surface area contributed by atoms with E-state index in [2.05, 4.69) is 69.0 Å². The third-order valence-electron chi connectivity index (χ3n) is 15.5. The van der Waals surface area contributed by atoms with E-state index in [1.807, 2.05) is 12.4 Å². The van der Waals surface area contributed by atoms with Gasteiger partial charge in [-0.2, -0.15) is 0 Å². The minimum atomic E-state index is -7.22. The van der Waals surface area contributed by atoms with Gasteiger partial charge in [0.05, 0.1) is 0 Å². The van der Waals surface area contributed by atoms with Crippen molar-refractivity contribution in [2.24, 2.45) is 0 Å². The van der Waals surface area contributed by atoms with Gasteiger partial charge in [0, 0.05) is 0 Å². The molecule has 48 heteroatoms. The van der Waals surface area contributed by atoms with Crippen LogP contribution in [0.2, 0.25) is 0 Å². The van der Waals surface area contributed by atoms with Crippen LogP contribution in [0.15, 0.2) is 24.8 Å². The normalized spacial score (nSPS) is 12.0. The summed E-state index contributed by atoms with van der Waals surface area (Å²) in [5.74, 6) is -143. The van der Waals surface area contributed by atoms with Crippen LogP contribution in [0.3, 0.4) is 0 Å². The molecule has 10 aromatic rings. The quantitative estimate of drug-likeness (QED) is 0.0657. The van der Waals surface area contributed by atoms with E-state index in [1.165, 1.54) is 0 Å². The summed E-state index contributed by atoms with van der Waals surface area (Å²) in [6, 6.07) is 0. The fraction of sp³-hybridized carbons (Fsp3) is 0.133. The zero-order chi connectivity index (χ0) is 82.5. The molecule has 0 unspecified atom stereocenters. The van der Waals surface area contributed by atoms with Gasteiger partial charge in [0.15, 0.2) is 140 Å². The predicted molar refractivity (Wildman–Crippen MR) is 291 cm³/mol. The Morgan fingerprint density at radius 1 is 0.185 bits per heavy atom. The molecule has 0 spiro atoms. The standard InChI is InChI=1S/2C24BF20.2C6H11N2Se/c2*26-5-1(6(27)14(35)21(42)13(5)34)25(2-7(28)15(36)22(43)16(37)8(2)29,3-9(30)17(38)23(44)18(39)10(3)31)4-11(32)19(40)24(45)20(41)12(4)33;2*1-6(2,3)8-5-4-7-9-8/h;;2*4-5H,1-3H3/q2*-1;2*+1. The molecule has 0 radical (unpaired) electrons. The summed E-state index contributed by atoms with van der Waals surface area (Å²) in [4.78, 5) is 0. The third kappa shape index (κ3) is 13.5. The van der Waals surface area contributed by atoms with Gasteiger partial charge in [-0.3, -0.25) is 0 Å². The van der Waals surface area contributed by atoms with Crippen molar-refractivity contribution in [2.75, 3.05) is 0 Å². The van der Waals surface area contributed by atoms with Gasteiger partial charge in [0.1, 0.15) is 105 Å². The van der Waals surface area contributed by atoms with Crippen molar-refractivity contribution in [2.45, 2.75) is 52.6 Å². The topological polar surface area (TPSA) is 33.5 Å². The molecule has 0 aliphatic rings.